The number of ether oxygens (including phenoxy) is 1. The number of anilines is 1. The maximum atomic E-state index is 12.6. The van der Waals surface area contributed by atoms with Gasteiger partial charge in [0, 0.05) is 5.69 Å². The highest BCUT2D eigenvalue weighted by molar-refractivity contribution is 7.92. The second-order valence-corrected chi connectivity index (χ2v) is 7.73. The second kappa shape index (κ2) is 6.76. The van der Waals surface area contributed by atoms with Gasteiger partial charge in [0.25, 0.3) is 10.0 Å². The quantitative estimate of drug-likeness (QED) is 0.825. The fourth-order valence-corrected chi connectivity index (χ4v) is 4.07. The lowest BCUT2D eigenvalue weighted by Gasteiger charge is -2.12. The molecule has 0 heterocycles. The number of rotatable bonds is 6. The summed E-state index contributed by atoms with van der Waals surface area (Å²) in [5.41, 5.74) is 3.56. The normalized spacial score (nSPS) is 13.3. The van der Waals surface area contributed by atoms with Crippen molar-refractivity contribution in [3.8, 4) is 5.75 Å². The number of hydrogen-bond acceptors (Lipinski definition) is 4. The molecule has 7 heteroatoms. The predicted octanol–water partition coefficient (Wildman–Crippen LogP) is 2.75. The summed E-state index contributed by atoms with van der Waals surface area (Å²) in [5, 5.41) is 8.65. The fourth-order valence-electron chi connectivity index (χ4n) is 2.94. The van der Waals surface area contributed by atoms with Gasteiger partial charge in [-0.3, -0.25) is 4.72 Å². The van der Waals surface area contributed by atoms with Crippen molar-refractivity contribution in [3.63, 3.8) is 0 Å². The third kappa shape index (κ3) is 3.93. The van der Waals surface area contributed by atoms with E-state index in [0.29, 0.717) is 17.0 Å². The van der Waals surface area contributed by atoms with E-state index >= 15 is 0 Å². The predicted molar refractivity (Wildman–Crippen MR) is 93.6 cm³/mol. The van der Waals surface area contributed by atoms with E-state index in [1.807, 2.05) is 12.1 Å². The molecule has 0 atom stereocenters. The van der Waals surface area contributed by atoms with Gasteiger partial charge in [-0.2, -0.15) is 0 Å². The Kier molecular flexibility index (Phi) is 4.67. The van der Waals surface area contributed by atoms with Crippen LogP contribution in [0.15, 0.2) is 41.3 Å². The van der Waals surface area contributed by atoms with Crippen LogP contribution in [-0.4, -0.2) is 26.1 Å². The minimum atomic E-state index is -3.72. The molecule has 0 aromatic heterocycles. The number of hydrogen-bond donors (Lipinski definition) is 2. The van der Waals surface area contributed by atoms with E-state index in [9.17, 15) is 13.2 Å². The highest BCUT2D eigenvalue weighted by Crippen LogP contribution is 2.27. The fraction of sp³-hybridized carbons (Fsp3) is 0.278. The molecule has 2 N–H and O–H groups in total. The molecule has 0 bridgehead atoms. The maximum Gasteiger partial charge on any atom is 0.341 e. The average Bonchev–Trinajstić information content (AvgIpc) is 3.00. The van der Waals surface area contributed by atoms with Crippen LogP contribution in [0.2, 0.25) is 0 Å². The van der Waals surface area contributed by atoms with Gasteiger partial charge >= 0.3 is 5.97 Å². The van der Waals surface area contributed by atoms with Gasteiger partial charge in [0.05, 0.1) is 4.90 Å². The van der Waals surface area contributed by atoms with Crippen LogP contribution in [0.4, 0.5) is 5.69 Å². The van der Waals surface area contributed by atoms with Gasteiger partial charge < -0.3 is 9.84 Å². The Labute approximate surface area is 146 Å². The Morgan fingerprint density at radius 3 is 2.64 bits per heavy atom. The minimum absolute atomic E-state index is 0.105. The second-order valence-electron chi connectivity index (χ2n) is 6.05. The van der Waals surface area contributed by atoms with Gasteiger partial charge in [0.1, 0.15) is 5.75 Å². The number of aryl methyl sites for hydroxylation is 3. The van der Waals surface area contributed by atoms with Crippen molar-refractivity contribution in [2.24, 2.45) is 0 Å². The largest absolute Gasteiger partial charge is 0.482 e. The third-order valence-corrected chi connectivity index (χ3v) is 5.54. The summed E-state index contributed by atoms with van der Waals surface area (Å²) in [5.74, 6) is -0.742. The lowest BCUT2D eigenvalue weighted by atomic mass is 10.1. The molecule has 1 aliphatic rings. The van der Waals surface area contributed by atoms with E-state index in [1.165, 1.54) is 29.3 Å². The van der Waals surface area contributed by atoms with Gasteiger partial charge in [-0.25, -0.2) is 13.2 Å². The molecule has 0 aliphatic heterocycles. The molecule has 0 fully saturated rings. The number of nitrogens with one attached hydrogen (secondary N) is 1. The van der Waals surface area contributed by atoms with E-state index in [2.05, 4.69) is 4.72 Å². The first-order valence-corrected chi connectivity index (χ1v) is 9.43. The average molecular weight is 361 g/mol. The van der Waals surface area contributed by atoms with Crippen molar-refractivity contribution >= 4 is 21.7 Å². The molecule has 0 saturated carbocycles. The van der Waals surface area contributed by atoms with E-state index in [1.54, 1.807) is 13.0 Å². The highest BCUT2D eigenvalue weighted by Gasteiger charge is 2.18. The summed E-state index contributed by atoms with van der Waals surface area (Å²) in [6, 6.07) is 9.96. The Balaban J connectivity index is 1.80. The number of carboxylic acid groups (broad SMARTS) is 1. The standard InChI is InChI=1S/C18H19NO5S/c1-12-9-16(7-8-17(12)24-11-18(20)21)25(22,23)19-15-6-5-13-3-2-4-14(13)10-15/h5-10,19H,2-4,11H2,1H3,(H,20,21). The lowest BCUT2D eigenvalue weighted by molar-refractivity contribution is -0.139. The van der Waals surface area contributed by atoms with Gasteiger partial charge in [-0.15, -0.1) is 0 Å². The van der Waals surface area contributed by atoms with E-state index in [-0.39, 0.29) is 4.90 Å². The van der Waals surface area contributed by atoms with Crippen LogP contribution in [0, 0.1) is 6.92 Å². The molecular weight excluding hydrogens is 342 g/mol. The summed E-state index contributed by atoms with van der Waals surface area (Å²) < 4.78 is 32.9. The van der Waals surface area contributed by atoms with Crippen molar-refractivity contribution in [2.75, 3.05) is 11.3 Å². The molecule has 25 heavy (non-hydrogen) atoms. The van der Waals surface area contributed by atoms with Crippen LogP contribution in [0.25, 0.3) is 0 Å². The number of aliphatic carboxylic acids is 1. The van der Waals surface area contributed by atoms with E-state index in [0.717, 1.165) is 19.3 Å². The zero-order chi connectivity index (χ0) is 18.0. The molecule has 0 spiro atoms. The highest BCUT2D eigenvalue weighted by atomic mass is 32.2. The molecule has 2 aromatic rings. The smallest absolute Gasteiger partial charge is 0.341 e. The minimum Gasteiger partial charge on any atom is -0.482 e. The number of fused-ring (bicyclic) bond motifs is 1. The van der Waals surface area contributed by atoms with Crippen LogP contribution >= 0.6 is 0 Å². The molecule has 0 radical (unpaired) electrons. The molecule has 3 rings (SSSR count). The van der Waals surface area contributed by atoms with Gasteiger partial charge in [-0.1, -0.05) is 6.07 Å². The zero-order valence-electron chi connectivity index (χ0n) is 13.8. The van der Waals surface area contributed by atoms with Crippen molar-refractivity contribution in [1.82, 2.24) is 0 Å². The SMILES string of the molecule is Cc1cc(S(=O)(=O)Nc2ccc3c(c2)CCC3)ccc1OCC(=O)O. The Morgan fingerprint density at radius 2 is 1.92 bits per heavy atom. The Morgan fingerprint density at radius 1 is 1.16 bits per heavy atom. The van der Waals surface area contributed by atoms with Gasteiger partial charge in [0.2, 0.25) is 0 Å². The van der Waals surface area contributed by atoms with E-state index < -0.39 is 22.6 Å². The third-order valence-electron chi connectivity index (χ3n) is 4.16. The molecule has 6 nitrogen and oxygen atoms in total. The molecular formula is C18H19NO5S. The van der Waals surface area contributed by atoms with Crippen molar-refractivity contribution in [2.45, 2.75) is 31.1 Å². The van der Waals surface area contributed by atoms with Gasteiger partial charge in [-0.05, 0) is 73.2 Å². The lowest BCUT2D eigenvalue weighted by Crippen LogP contribution is -2.14. The summed E-state index contributed by atoms with van der Waals surface area (Å²) >= 11 is 0. The summed E-state index contributed by atoms with van der Waals surface area (Å²) in [4.78, 5) is 10.7. The van der Waals surface area contributed by atoms with Crippen LogP contribution in [-0.2, 0) is 27.7 Å². The van der Waals surface area contributed by atoms with Gasteiger partial charge in [0.15, 0.2) is 6.61 Å². The van der Waals surface area contributed by atoms with Crippen LogP contribution in [0.1, 0.15) is 23.1 Å². The molecule has 0 amide bonds. The van der Waals surface area contributed by atoms with Crippen molar-refractivity contribution in [1.29, 1.82) is 0 Å². The number of benzene rings is 2. The topological polar surface area (TPSA) is 92.7 Å². The summed E-state index contributed by atoms with van der Waals surface area (Å²) in [6.07, 6.45) is 3.11. The maximum absolute atomic E-state index is 12.6. The van der Waals surface area contributed by atoms with Crippen molar-refractivity contribution < 1.29 is 23.1 Å². The summed E-state index contributed by atoms with van der Waals surface area (Å²) in [6.45, 7) is 1.20. The number of carboxylic acids is 1. The monoisotopic (exact) mass is 361 g/mol. The molecule has 132 valence electrons. The van der Waals surface area contributed by atoms with Crippen LogP contribution < -0.4 is 9.46 Å². The zero-order valence-corrected chi connectivity index (χ0v) is 14.6. The molecule has 1 aliphatic carbocycles. The van der Waals surface area contributed by atoms with Crippen LogP contribution in [0.5, 0.6) is 5.75 Å². The van der Waals surface area contributed by atoms with E-state index in [4.69, 9.17) is 9.84 Å². The van der Waals surface area contributed by atoms with Crippen molar-refractivity contribution in [3.05, 3.63) is 53.1 Å². The van der Waals surface area contributed by atoms with Crippen LogP contribution in [0.3, 0.4) is 0 Å². The number of sulfonamides is 1. The molecule has 0 unspecified atom stereocenters. The number of carbonyl (C=O) groups is 1. The molecule has 0 saturated heterocycles. The first-order valence-electron chi connectivity index (χ1n) is 7.95. The Bertz CT molecular complexity index is 921. The first kappa shape index (κ1) is 17.3. The Hall–Kier alpha value is -2.54. The molecule has 2 aromatic carbocycles. The summed E-state index contributed by atoms with van der Waals surface area (Å²) in [7, 11) is -3.72. The first-order chi connectivity index (χ1) is 11.8.